The fourth-order valence-electron chi connectivity index (χ4n) is 2.21. The van der Waals surface area contributed by atoms with Crippen molar-refractivity contribution in [1.82, 2.24) is 9.36 Å². The van der Waals surface area contributed by atoms with Gasteiger partial charge < -0.3 is 10.6 Å². The second-order valence-corrected chi connectivity index (χ2v) is 4.94. The van der Waals surface area contributed by atoms with E-state index in [1.54, 1.807) is 6.20 Å². The Morgan fingerprint density at radius 2 is 2.12 bits per heavy atom. The van der Waals surface area contributed by atoms with Crippen molar-refractivity contribution in [2.24, 2.45) is 0 Å². The summed E-state index contributed by atoms with van der Waals surface area (Å²) >= 11 is 1.49. The van der Waals surface area contributed by atoms with E-state index in [1.165, 1.54) is 29.4 Å². The van der Waals surface area contributed by atoms with Gasteiger partial charge in [0.1, 0.15) is 10.8 Å². The highest BCUT2D eigenvalue weighted by Gasteiger charge is 2.21. The smallest absolute Gasteiger partial charge is 0.147 e. The number of aromatic nitrogens is 2. The summed E-state index contributed by atoms with van der Waals surface area (Å²) in [6, 6.07) is 3.97. The molecule has 1 aliphatic heterocycles. The number of anilines is 2. The van der Waals surface area contributed by atoms with Crippen molar-refractivity contribution in [2.75, 3.05) is 23.7 Å². The van der Waals surface area contributed by atoms with Crippen LogP contribution in [-0.2, 0) is 0 Å². The van der Waals surface area contributed by atoms with Crippen molar-refractivity contribution < 1.29 is 0 Å². The standard InChI is InChI=1S/C12H14N4S/c13-11-10(9-4-3-5-14-8-9)12(17-15-11)16-6-1-2-7-16/h3-5,8H,1-2,6-7H2,(H2,13,15). The highest BCUT2D eigenvalue weighted by atomic mass is 32.1. The molecule has 2 aromatic heterocycles. The van der Waals surface area contributed by atoms with Crippen LogP contribution in [0, 0.1) is 0 Å². The predicted molar refractivity (Wildman–Crippen MR) is 71.2 cm³/mol. The van der Waals surface area contributed by atoms with Gasteiger partial charge in [-0.1, -0.05) is 6.07 Å². The summed E-state index contributed by atoms with van der Waals surface area (Å²) in [7, 11) is 0. The molecule has 4 nitrogen and oxygen atoms in total. The van der Waals surface area contributed by atoms with E-state index >= 15 is 0 Å². The van der Waals surface area contributed by atoms with E-state index in [9.17, 15) is 0 Å². The first-order valence-corrected chi connectivity index (χ1v) is 6.54. The molecule has 0 atom stereocenters. The molecule has 0 bridgehead atoms. The zero-order valence-electron chi connectivity index (χ0n) is 9.47. The van der Waals surface area contributed by atoms with Crippen LogP contribution in [0.5, 0.6) is 0 Å². The summed E-state index contributed by atoms with van der Waals surface area (Å²) in [5, 5.41) is 1.19. The van der Waals surface area contributed by atoms with Crippen LogP contribution in [0.15, 0.2) is 24.5 Å². The minimum atomic E-state index is 0.616. The summed E-state index contributed by atoms with van der Waals surface area (Å²) in [6.45, 7) is 2.21. The highest BCUT2D eigenvalue weighted by Crippen LogP contribution is 2.40. The Balaban J connectivity index is 2.06. The number of hydrogen-bond donors (Lipinski definition) is 1. The zero-order chi connectivity index (χ0) is 11.7. The van der Waals surface area contributed by atoms with Crippen molar-refractivity contribution in [1.29, 1.82) is 0 Å². The van der Waals surface area contributed by atoms with Gasteiger partial charge in [-0.05, 0) is 30.4 Å². The highest BCUT2D eigenvalue weighted by molar-refractivity contribution is 7.11. The van der Waals surface area contributed by atoms with Gasteiger partial charge in [0.05, 0.1) is 5.56 Å². The number of nitrogen functional groups attached to an aromatic ring is 1. The molecule has 5 heteroatoms. The molecule has 2 aromatic rings. The fourth-order valence-corrected chi connectivity index (χ4v) is 3.10. The van der Waals surface area contributed by atoms with E-state index < -0.39 is 0 Å². The maximum absolute atomic E-state index is 5.99. The largest absolute Gasteiger partial charge is 0.382 e. The number of nitrogens with zero attached hydrogens (tertiary/aromatic N) is 3. The van der Waals surface area contributed by atoms with Gasteiger partial charge in [0.2, 0.25) is 0 Å². The van der Waals surface area contributed by atoms with Crippen LogP contribution >= 0.6 is 11.5 Å². The third-order valence-electron chi connectivity index (χ3n) is 3.04. The van der Waals surface area contributed by atoms with Crippen molar-refractivity contribution in [2.45, 2.75) is 12.8 Å². The third kappa shape index (κ3) is 1.86. The molecule has 1 fully saturated rings. The molecule has 0 spiro atoms. The fraction of sp³-hybridized carbons (Fsp3) is 0.333. The van der Waals surface area contributed by atoms with Gasteiger partial charge in [-0.3, -0.25) is 4.98 Å². The maximum atomic E-state index is 5.99. The second-order valence-electron chi connectivity index (χ2n) is 4.18. The second kappa shape index (κ2) is 4.33. The molecule has 0 radical (unpaired) electrons. The molecular formula is C12H14N4S. The first kappa shape index (κ1) is 10.5. The molecule has 1 aliphatic rings. The van der Waals surface area contributed by atoms with Crippen LogP contribution in [0.2, 0.25) is 0 Å². The molecule has 0 amide bonds. The van der Waals surface area contributed by atoms with Gasteiger partial charge in [-0.25, -0.2) is 0 Å². The van der Waals surface area contributed by atoms with Crippen LogP contribution < -0.4 is 10.6 Å². The predicted octanol–water partition coefficient (Wildman–Crippen LogP) is 2.39. The quantitative estimate of drug-likeness (QED) is 0.884. The minimum absolute atomic E-state index is 0.616. The van der Waals surface area contributed by atoms with E-state index in [0.29, 0.717) is 5.82 Å². The van der Waals surface area contributed by atoms with Crippen LogP contribution in [0.1, 0.15) is 12.8 Å². The van der Waals surface area contributed by atoms with Crippen LogP contribution in [0.4, 0.5) is 10.8 Å². The Morgan fingerprint density at radius 3 is 2.82 bits per heavy atom. The molecule has 0 saturated carbocycles. The van der Waals surface area contributed by atoms with E-state index in [-0.39, 0.29) is 0 Å². The summed E-state index contributed by atoms with van der Waals surface area (Å²) in [5.41, 5.74) is 8.09. The van der Waals surface area contributed by atoms with Crippen molar-refractivity contribution in [3.05, 3.63) is 24.5 Å². The minimum Gasteiger partial charge on any atom is -0.382 e. The van der Waals surface area contributed by atoms with Gasteiger partial charge in [0.15, 0.2) is 0 Å². The number of pyridine rings is 1. The molecule has 2 N–H and O–H groups in total. The van der Waals surface area contributed by atoms with E-state index in [4.69, 9.17) is 5.73 Å². The van der Waals surface area contributed by atoms with Crippen molar-refractivity contribution in [3.8, 4) is 11.1 Å². The molecule has 0 aliphatic carbocycles. The van der Waals surface area contributed by atoms with Gasteiger partial charge in [-0.2, -0.15) is 4.37 Å². The summed E-state index contributed by atoms with van der Waals surface area (Å²) in [5.74, 6) is 0.616. The SMILES string of the molecule is Nc1nsc(N2CCCC2)c1-c1cccnc1. The average Bonchev–Trinajstić information content (AvgIpc) is 2.98. The van der Waals surface area contributed by atoms with Gasteiger partial charge in [0.25, 0.3) is 0 Å². The van der Waals surface area contributed by atoms with E-state index in [2.05, 4.69) is 14.3 Å². The lowest BCUT2D eigenvalue weighted by Crippen LogP contribution is -2.17. The summed E-state index contributed by atoms with van der Waals surface area (Å²) in [4.78, 5) is 6.52. The van der Waals surface area contributed by atoms with Gasteiger partial charge >= 0.3 is 0 Å². The first-order valence-electron chi connectivity index (χ1n) is 5.77. The molecule has 3 heterocycles. The molecule has 0 unspecified atom stereocenters. The maximum Gasteiger partial charge on any atom is 0.147 e. The third-order valence-corrected chi connectivity index (χ3v) is 3.97. The Kier molecular flexibility index (Phi) is 2.68. The van der Waals surface area contributed by atoms with Gasteiger partial charge in [0, 0.05) is 31.0 Å². The van der Waals surface area contributed by atoms with E-state index in [0.717, 1.165) is 24.2 Å². The summed E-state index contributed by atoms with van der Waals surface area (Å²) in [6.07, 6.45) is 6.13. The lowest BCUT2D eigenvalue weighted by Gasteiger charge is -2.16. The van der Waals surface area contributed by atoms with Crippen molar-refractivity contribution >= 4 is 22.4 Å². The number of rotatable bonds is 2. The lowest BCUT2D eigenvalue weighted by molar-refractivity contribution is 0.949. The van der Waals surface area contributed by atoms with Crippen molar-refractivity contribution in [3.63, 3.8) is 0 Å². The monoisotopic (exact) mass is 246 g/mol. The number of nitrogens with two attached hydrogens (primary N) is 1. The number of hydrogen-bond acceptors (Lipinski definition) is 5. The lowest BCUT2D eigenvalue weighted by atomic mass is 10.1. The molecule has 17 heavy (non-hydrogen) atoms. The van der Waals surface area contributed by atoms with E-state index in [1.807, 2.05) is 18.3 Å². The molecule has 88 valence electrons. The molecular weight excluding hydrogens is 232 g/mol. The Labute approximate surface area is 104 Å². The Hall–Kier alpha value is -1.62. The van der Waals surface area contributed by atoms with Crippen LogP contribution in [0.25, 0.3) is 11.1 Å². The zero-order valence-corrected chi connectivity index (χ0v) is 10.3. The average molecular weight is 246 g/mol. The first-order chi connectivity index (χ1) is 8.36. The van der Waals surface area contributed by atoms with Gasteiger partial charge in [-0.15, -0.1) is 0 Å². The Morgan fingerprint density at radius 1 is 1.29 bits per heavy atom. The Bertz CT molecular complexity index is 502. The van der Waals surface area contributed by atoms with Crippen LogP contribution in [-0.4, -0.2) is 22.4 Å². The molecule has 0 aromatic carbocycles. The van der Waals surface area contributed by atoms with Crippen LogP contribution in [0.3, 0.4) is 0 Å². The normalized spacial score (nSPS) is 15.4. The summed E-state index contributed by atoms with van der Waals surface area (Å²) < 4.78 is 4.29. The topological polar surface area (TPSA) is 55.0 Å². The molecule has 1 saturated heterocycles. The molecule has 3 rings (SSSR count).